The van der Waals surface area contributed by atoms with Gasteiger partial charge in [0.25, 0.3) is 0 Å². The van der Waals surface area contributed by atoms with Crippen molar-refractivity contribution in [3.8, 4) is 0 Å². The molecule has 1 heterocycles. The normalized spacial score (nSPS) is 21.4. The molecule has 1 aromatic carbocycles. The van der Waals surface area contributed by atoms with Crippen LogP contribution in [0.2, 0.25) is 0 Å². The Bertz CT molecular complexity index is 637. The lowest BCUT2D eigenvalue weighted by Gasteiger charge is -2.18. The van der Waals surface area contributed by atoms with Crippen LogP contribution in [0.5, 0.6) is 0 Å². The Morgan fingerprint density at radius 3 is 2.38 bits per heavy atom. The van der Waals surface area contributed by atoms with Crippen LogP contribution in [-0.4, -0.2) is 41.1 Å². The summed E-state index contributed by atoms with van der Waals surface area (Å²) in [6, 6.07) is 7.55. The number of amides is 1. The third-order valence-electron chi connectivity index (χ3n) is 4.09. The summed E-state index contributed by atoms with van der Waals surface area (Å²) < 4.78 is 38.7. The number of benzene rings is 1. The number of carboxylic acids is 1. The number of hydrogen-bond acceptors (Lipinski definition) is 2. The maximum Gasteiger partial charge on any atom is 0.394 e. The molecule has 0 spiro atoms. The maximum absolute atomic E-state index is 12.9. The summed E-state index contributed by atoms with van der Waals surface area (Å²) in [6.45, 7) is 0.939. The van der Waals surface area contributed by atoms with E-state index in [2.05, 4.69) is 0 Å². The van der Waals surface area contributed by atoms with Crippen molar-refractivity contribution in [2.24, 2.45) is 11.8 Å². The van der Waals surface area contributed by atoms with E-state index < -0.39 is 43.0 Å². The van der Waals surface area contributed by atoms with Gasteiger partial charge in [-0.2, -0.15) is 13.2 Å². The Hall–Kier alpha value is -2.31. The fraction of sp³-hybridized carbons (Fsp3) is 0.412. The smallest absolute Gasteiger partial charge is 0.394 e. The minimum Gasteiger partial charge on any atom is -0.481 e. The van der Waals surface area contributed by atoms with E-state index in [1.165, 1.54) is 0 Å². The summed E-state index contributed by atoms with van der Waals surface area (Å²) in [7, 11) is 0. The number of carbonyl (C=O) groups is 2. The van der Waals surface area contributed by atoms with Crippen molar-refractivity contribution in [2.75, 3.05) is 13.1 Å². The molecule has 130 valence electrons. The van der Waals surface area contributed by atoms with Crippen molar-refractivity contribution in [3.63, 3.8) is 0 Å². The van der Waals surface area contributed by atoms with Crippen molar-refractivity contribution in [3.05, 3.63) is 41.5 Å². The van der Waals surface area contributed by atoms with Crippen molar-refractivity contribution >= 4 is 18.0 Å². The lowest BCUT2D eigenvalue weighted by molar-refractivity contribution is -0.188. The molecule has 1 fully saturated rings. The van der Waals surface area contributed by atoms with Crippen molar-refractivity contribution in [1.29, 1.82) is 0 Å². The summed E-state index contributed by atoms with van der Waals surface area (Å²) in [5, 5.41) is 8.94. The SMILES string of the molecule is Cc1ccc(/C=C/CC(=O)N2C[C@@H](C(F)(F)F)[C@H](C(=O)O)C2)cc1. The summed E-state index contributed by atoms with van der Waals surface area (Å²) >= 11 is 0. The first-order valence-electron chi connectivity index (χ1n) is 7.49. The van der Waals surface area contributed by atoms with Gasteiger partial charge in [0, 0.05) is 19.5 Å². The van der Waals surface area contributed by atoms with Crippen molar-refractivity contribution in [2.45, 2.75) is 19.5 Å². The van der Waals surface area contributed by atoms with Crippen LogP contribution in [0.4, 0.5) is 13.2 Å². The number of alkyl halides is 3. The third kappa shape index (κ3) is 4.37. The highest BCUT2D eigenvalue weighted by Crippen LogP contribution is 2.37. The lowest BCUT2D eigenvalue weighted by Crippen LogP contribution is -2.34. The Morgan fingerprint density at radius 2 is 1.88 bits per heavy atom. The second-order valence-electron chi connectivity index (χ2n) is 5.91. The molecule has 2 atom stereocenters. The average Bonchev–Trinajstić information content (AvgIpc) is 2.95. The Kier molecular flexibility index (Phi) is 5.31. The van der Waals surface area contributed by atoms with Gasteiger partial charge in [0.2, 0.25) is 5.91 Å². The molecule has 1 N–H and O–H groups in total. The highest BCUT2D eigenvalue weighted by atomic mass is 19.4. The monoisotopic (exact) mass is 341 g/mol. The fourth-order valence-corrected chi connectivity index (χ4v) is 2.69. The molecule has 1 aliphatic heterocycles. The third-order valence-corrected chi connectivity index (χ3v) is 4.09. The predicted molar refractivity (Wildman–Crippen MR) is 82.1 cm³/mol. The molecule has 24 heavy (non-hydrogen) atoms. The highest BCUT2D eigenvalue weighted by molar-refractivity contribution is 5.81. The molecule has 2 rings (SSSR count). The first-order chi connectivity index (χ1) is 11.2. The summed E-state index contributed by atoms with van der Waals surface area (Å²) in [5.74, 6) is -5.64. The standard InChI is InChI=1S/C17H18F3NO3/c1-11-5-7-12(8-6-11)3-2-4-15(22)21-9-13(16(23)24)14(10-21)17(18,19)20/h2-3,5-8,13-14H,4,9-10H2,1H3,(H,23,24)/b3-2+/t13-,14-/m1/s1. The number of nitrogens with zero attached hydrogens (tertiary/aromatic N) is 1. The first-order valence-corrected chi connectivity index (χ1v) is 7.49. The molecule has 1 saturated heterocycles. The molecular weight excluding hydrogens is 323 g/mol. The number of halogens is 3. The van der Waals surface area contributed by atoms with Crippen LogP contribution in [-0.2, 0) is 9.59 Å². The van der Waals surface area contributed by atoms with Gasteiger partial charge in [-0.25, -0.2) is 0 Å². The van der Waals surface area contributed by atoms with Crippen molar-refractivity contribution < 1.29 is 27.9 Å². The zero-order valence-corrected chi connectivity index (χ0v) is 13.1. The van der Waals surface area contributed by atoms with Gasteiger partial charge in [0.15, 0.2) is 0 Å². The maximum atomic E-state index is 12.9. The van der Waals surface area contributed by atoms with E-state index in [0.717, 1.165) is 16.0 Å². The minimum absolute atomic E-state index is 0.0647. The molecule has 0 bridgehead atoms. The van der Waals surface area contributed by atoms with Crippen LogP contribution in [0.1, 0.15) is 17.5 Å². The number of aliphatic carboxylic acids is 1. The molecule has 1 amide bonds. The molecule has 0 unspecified atom stereocenters. The van der Waals surface area contributed by atoms with Crippen LogP contribution in [0.3, 0.4) is 0 Å². The quantitative estimate of drug-likeness (QED) is 0.915. The predicted octanol–water partition coefficient (Wildman–Crippen LogP) is 3.12. The number of carboxylic acid groups (broad SMARTS) is 1. The van der Waals surface area contributed by atoms with Crippen LogP contribution >= 0.6 is 0 Å². The summed E-state index contributed by atoms with van der Waals surface area (Å²) in [6.07, 6.45) is -1.41. The van der Waals surface area contributed by atoms with Gasteiger partial charge in [-0.15, -0.1) is 0 Å². The van der Waals surface area contributed by atoms with Crippen LogP contribution in [0.25, 0.3) is 6.08 Å². The van der Waals surface area contributed by atoms with Gasteiger partial charge >= 0.3 is 12.1 Å². The summed E-state index contributed by atoms with van der Waals surface area (Å²) in [5.41, 5.74) is 1.98. The molecular formula is C17H18F3NO3. The number of rotatable bonds is 4. The van der Waals surface area contributed by atoms with E-state index in [1.807, 2.05) is 31.2 Å². The lowest BCUT2D eigenvalue weighted by atomic mass is 9.96. The zero-order chi connectivity index (χ0) is 17.9. The molecule has 1 aliphatic rings. The van der Waals surface area contributed by atoms with Crippen LogP contribution in [0, 0.1) is 18.8 Å². The van der Waals surface area contributed by atoms with Gasteiger partial charge in [-0.05, 0) is 12.5 Å². The highest BCUT2D eigenvalue weighted by Gasteiger charge is 2.53. The molecule has 0 saturated carbocycles. The minimum atomic E-state index is -4.63. The Balaban J connectivity index is 1.97. The molecule has 0 radical (unpaired) electrons. The second kappa shape index (κ2) is 7.07. The van der Waals surface area contributed by atoms with Crippen LogP contribution < -0.4 is 0 Å². The second-order valence-corrected chi connectivity index (χ2v) is 5.91. The number of aryl methyl sites for hydroxylation is 1. The van der Waals surface area contributed by atoms with Gasteiger partial charge in [0.1, 0.15) is 0 Å². The number of carbonyl (C=O) groups excluding carboxylic acids is 1. The molecule has 4 nitrogen and oxygen atoms in total. The van der Waals surface area contributed by atoms with E-state index >= 15 is 0 Å². The van der Waals surface area contributed by atoms with Gasteiger partial charge in [-0.1, -0.05) is 42.0 Å². The largest absolute Gasteiger partial charge is 0.481 e. The topological polar surface area (TPSA) is 57.6 Å². The van der Waals surface area contributed by atoms with E-state index in [0.29, 0.717) is 0 Å². The van der Waals surface area contributed by atoms with E-state index in [4.69, 9.17) is 5.11 Å². The molecule has 0 aliphatic carbocycles. The van der Waals surface area contributed by atoms with Gasteiger partial charge in [0.05, 0.1) is 11.8 Å². The number of likely N-dealkylation sites (tertiary alicyclic amines) is 1. The van der Waals surface area contributed by atoms with Crippen LogP contribution in [0.15, 0.2) is 30.3 Å². The fourth-order valence-electron chi connectivity index (χ4n) is 2.69. The number of hydrogen-bond donors (Lipinski definition) is 1. The molecule has 0 aromatic heterocycles. The molecule has 1 aromatic rings. The average molecular weight is 341 g/mol. The van der Waals surface area contributed by atoms with Crippen molar-refractivity contribution in [1.82, 2.24) is 4.90 Å². The first kappa shape index (κ1) is 18.0. The van der Waals surface area contributed by atoms with Gasteiger partial charge < -0.3 is 10.0 Å². The van der Waals surface area contributed by atoms with E-state index in [1.54, 1.807) is 12.2 Å². The Morgan fingerprint density at radius 1 is 1.25 bits per heavy atom. The summed E-state index contributed by atoms with van der Waals surface area (Å²) in [4.78, 5) is 24.0. The zero-order valence-electron chi connectivity index (χ0n) is 13.1. The van der Waals surface area contributed by atoms with E-state index in [-0.39, 0.29) is 6.42 Å². The van der Waals surface area contributed by atoms with Gasteiger partial charge in [-0.3, -0.25) is 9.59 Å². The molecule has 7 heteroatoms. The Labute approximate surface area is 137 Å². The van der Waals surface area contributed by atoms with E-state index in [9.17, 15) is 22.8 Å².